The van der Waals surface area contributed by atoms with Crippen LogP contribution in [0, 0.1) is 16.0 Å². The SMILES string of the molecule is COC[C@H](C)N1C[C@H](C(=O)Nc2ncc([N+](=O)[O-])s2)CC1=O. The summed E-state index contributed by atoms with van der Waals surface area (Å²) in [6, 6.07) is -0.101. The summed E-state index contributed by atoms with van der Waals surface area (Å²) in [5.74, 6) is -0.950. The maximum Gasteiger partial charge on any atom is 0.345 e. The summed E-state index contributed by atoms with van der Waals surface area (Å²) in [5, 5.41) is 13.1. The average Bonchev–Trinajstić information content (AvgIpc) is 3.05. The molecular formula is C12H16N4O5S. The van der Waals surface area contributed by atoms with E-state index in [1.54, 1.807) is 12.0 Å². The first-order valence-corrected chi connectivity index (χ1v) is 7.43. The van der Waals surface area contributed by atoms with Crippen LogP contribution in [0.1, 0.15) is 13.3 Å². The Labute approximate surface area is 130 Å². The second-order valence-electron chi connectivity index (χ2n) is 5.00. The minimum atomic E-state index is -0.569. The van der Waals surface area contributed by atoms with Gasteiger partial charge in [0.05, 0.1) is 23.5 Å². The molecule has 1 aliphatic heterocycles. The molecule has 0 radical (unpaired) electrons. The van der Waals surface area contributed by atoms with Crippen LogP contribution >= 0.6 is 11.3 Å². The maximum atomic E-state index is 12.1. The molecule has 0 aromatic carbocycles. The number of rotatable bonds is 6. The van der Waals surface area contributed by atoms with E-state index in [2.05, 4.69) is 10.3 Å². The molecule has 1 aliphatic rings. The number of likely N-dealkylation sites (tertiary alicyclic amines) is 1. The lowest BCUT2D eigenvalue weighted by molar-refractivity contribution is -0.380. The second-order valence-corrected chi connectivity index (χ2v) is 6.01. The summed E-state index contributed by atoms with van der Waals surface area (Å²) in [6.45, 7) is 2.56. The molecule has 2 amide bonds. The van der Waals surface area contributed by atoms with Crippen molar-refractivity contribution in [1.82, 2.24) is 9.88 Å². The monoisotopic (exact) mass is 328 g/mol. The Bertz CT molecular complexity index is 590. The molecule has 22 heavy (non-hydrogen) atoms. The standard InChI is InChI=1S/C12H16N4O5S/c1-7(6-21-2)15-5-8(3-9(15)17)11(18)14-12-13-4-10(22-12)16(19)20/h4,7-8H,3,5-6H2,1-2H3,(H,13,14,18)/t7-,8+/m0/s1. The van der Waals surface area contributed by atoms with Crippen LogP contribution in [0.15, 0.2) is 6.20 Å². The van der Waals surface area contributed by atoms with Gasteiger partial charge in [-0.05, 0) is 18.3 Å². The van der Waals surface area contributed by atoms with Gasteiger partial charge in [0.25, 0.3) is 0 Å². The summed E-state index contributed by atoms with van der Waals surface area (Å²) >= 11 is 0.783. The zero-order valence-electron chi connectivity index (χ0n) is 12.1. The largest absolute Gasteiger partial charge is 0.383 e. The molecule has 2 heterocycles. The van der Waals surface area contributed by atoms with E-state index in [1.807, 2.05) is 6.92 Å². The van der Waals surface area contributed by atoms with E-state index in [0.717, 1.165) is 17.5 Å². The van der Waals surface area contributed by atoms with Crippen LogP contribution in [-0.2, 0) is 14.3 Å². The number of carbonyl (C=O) groups is 2. The summed E-state index contributed by atoms with van der Waals surface area (Å²) < 4.78 is 5.01. The third kappa shape index (κ3) is 3.57. The molecule has 2 atom stereocenters. The van der Waals surface area contributed by atoms with E-state index in [0.29, 0.717) is 13.2 Å². The molecule has 1 aromatic heterocycles. The fourth-order valence-corrected chi connectivity index (χ4v) is 2.91. The Kier molecular flexibility index (Phi) is 5.03. The molecule has 0 bridgehead atoms. The summed E-state index contributed by atoms with van der Waals surface area (Å²) in [5.41, 5.74) is 0. The van der Waals surface area contributed by atoms with Crippen LogP contribution in [-0.4, -0.2) is 52.9 Å². The number of carbonyl (C=O) groups excluding carboxylic acids is 2. The van der Waals surface area contributed by atoms with Gasteiger partial charge in [0, 0.05) is 20.1 Å². The Hall–Kier alpha value is -2.07. The van der Waals surface area contributed by atoms with Crippen molar-refractivity contribution in [2.45, 2.75) is 19.4 Å². The molecule has 0 unspecified atom stereocenters. The highest BCUT2D eigenvalue weighted by Crippen LogP contribution is 2.27. The molecule has 9 nitrogen and oxygen atoms in total. The van der Waals surface area contributed by atoms with Crippen LogP contribution in [0.25, 0.3) is 0 Å². The Morgan fingerprint density at radius 1 is 1.73 bits per heavy atom. The number of methoxy groups -OCH3 is 1. The molecule has 0 aliphatic carbocycles. The number of ether oxygens (including phenoxy) is 1. The predicted octanol–water partition coefficient (Wildman–Crippen LogP) is 0.873. The Morgan fingerprint density at radius 2 is 2.45 bits per heavy atom. The molecule has 120 valence electrons. The van der Waals surface area contributed by atoms with Gasteiger partial charge >= 0.3 is 5.00 Å². The normalized spacial score (nSPS) is 19.3. The van der Waals surface area contributed by atoms with Crippen LogP contribution in [0.2, 0.25) is 0 Å². The molecule has 1 fully saturated rings. The first-order valence-electron chi connectivity index (χ1n) is 6.62. The lowest BCUT2D eigenvalue weighted by atomic mass is 10.1. The van der Waals surface area contributed by atoms with Crippen molar-refractivity contribution in [2.24, 2.45) is 5.92 Å². The van der Waals surface area contributed by atoms with E-state index in [9.17, 15) is 19.7 Å². The fourth-order valence-electron chi connectivity index (χ4n) is 2.28. The van der Waals surface area contributed by atoms with Crippen molar-refractivity contribution < 1.29 is 19.2 Å². The number of nitrogens with one attached hydrogen (secondary N) is 1. The van der Waals surface area contributed by atoms with Crippen LogP contribution in [0.3, 0.4) is 0 Å². The number of hydrogen-bond acceptors (Lipinski definition) is 7. The molecule has 2 rings (SSSR count). The third-order valence-electron chi connectivity index (χ3n) is 3.37. The average molecular weight is 328 g/mol. The van der Waals surface area contributed by atoms with E-state index in [4.69, 9.17) is 4.74 Å². The summed E-state index contributed by atoms with van der Waals surface area (Å²) in [7, 11) is 1.55. The zero-order chi connectivity index (χ0) is 16.3. The van der Waals surface area contributed by atoms with Crippen molar-refractivity contribution in [1.29, 1.82) is 0 Å². The smallest absolute Gasteiger partial charge is 0.345 e. The minimum Gasteiger partial charge on any atom is -0.383 e. The molecular weight excluding hydrogens is 312 g/mol. The minimum absolute atomic E-state index is 0.101. The molecule has 1 aromatic rings. The first kappa shape index (κ1) is 16.3. The van der Waals surface area contributed by atoms with Gasteiger partial charge in [-0.1, -0.05) is 0 Å². The van der Waals surface area contributed by atoms with Gasteiger partial charge < -0.3 is 15.0 Å². The highest BCUT2D eigenvalue weighted by atomic mass is 32.1. The highest BCUT2D eigenvalue weighted by Gasteiger charge is 2.36. The number of thiazole rings is 1. The van der Waals surface area contributed by atoms with Gasteiger partial charge in [-0.25, -0.2) is 4.98 Å². The lowest BCUT2D eigenvalue weighted by Gasteiger charge is -2.23. The number of amides is 2. The number of nitro groups is 1. The summed E-state index contributed by atoms with van der Waals surface area (Å²) in [6.07, 6.45) is 1.21. The van der Waals surface area contributed by atoms with Crippen LogP contribution in [0.5, 0.6) is 0 Å². The van der Waals surface area contributed by atoms with Gasteiger partial charge in [-0.15, -0.1) is 0 Å². The second kappa shape index (κ2) is 6.79. The van der Waals surface area contributed by atoms with Gasteiger partial charge in [0.15, 0.2) is 5.13 Å². The molecule has 10 heteroatoms. The third-order valence-corrected chi connectivity index (χ3v) is 4.24. The van der Waals surface area contributed by atoms with Crippen molar-refractivity contribution in [3.05, 3.63) is 16.3 Å². The predicted molar refractivity (Wildman–Crippen MR) is 78.6 cm³/mol. The van der Waals surface area contributed by atoms with Gasteiger partial charge in [-0.3, -0.25) is 19.7 Å². The Morgan fingerprint density at radius 3 is 3.05 bits per heavy atom. The summed E-state index contributed by atoms with van der Waals surface area (Å²) in [4.78, 5) is 39.5. The van der Waals surface area contributed by atoms with E-state index >= 15 is 0 Å². The molecule has 1 N–H and O–H groups in total. The van der Waals surface area contributed by atoms with Crippen molar-refractivity contribution >= 4 is 33.3 Å². The van der Waals surface area contributed by atoms with Gasteiger partial charge in [-0.2, -0.15) is 0 Å². The zero-order valence-corrected chi connectivity index (χ0v) is 13.0. The molecule has 1 saturated heterocycles. The lowest BCUT2D eigenvalue weighted by Crippen LogP contribution is -2.38. The van der Waals surface area contributed by atoms with Gasteiger partial charge in [0.1, 0.15) is 6.20 Å². The number of anilines is 1. The van der Waals surface area contributed by atoms with Crippen molar-refractivity contribution in [3.8, 4) is 0 Å². The first-order chi connectivity index (χ1) is 10.4. The number of hydrogen-bond donors (Lipinski definition) is 1. The highest BCUT2D eigenvalue weighted by molar-refractivity contribution is 7.18. The number of aromatic nitrogens is 1. The Balaban J connectivity index is 1.95. The van der Waals surface area contributed by atoms with Crippen molar-refractivity contribution in [3.63, 3.8) is 0 Å². The molecule has 0 saturated carbocycles. The van der Waals surface area contributed by atoms with E-state index in [1.165, 1.54) is 0 Å². The van der Waals surface area contributed by atoms with Gasteiger partial charge in [0.2, 0.25) is 11.8 Å². The van der Waals surface area contributed by atoms with E-state index in [-0.39, 0.29) is 34.4 Å². The topological polar surface area (TPSA) is 115 Å². The van der Waals surface area contributed by atoms with Crippen LogP contribution in [0.4, 0.5) is 10.1 Å². The number of nitrogens with zero attached hydrogens (tertiary/aromatic N) is 3. The fraction of sp³-hybridized carbons (Fsp3) is 0.583. The quantitative estimate of drug-likeness (QED) is 0.612. The maximum absolute atomic E-state index is 12.1. The molecule has 0 spiro atoms. The van der Waals surface area contributed by atoms with E-state index < -0.39 is 10.8 Å². The van der Waals surface area contributed by atoms with Crippen molar-refractivity contribution in [2.75, 3.05) is 25.6 Å². The van der Waals surface area contributed by atoms with Crippen LogP contribution < -0.4 is 5.32 Å².